The Labute approximate surface area is 89.1 Å². The largest absolute Gasteiger partial charge is 0.479 e. The Morgan fingerprint density at radius 1 is 1.62 bits per heavy atom. The van der Waals surface area contributed by atoms with Gasteiger partial charge >= 0.3 is 11.7 Å². The van der Waals surface area contributed by atoms with Crippen LogP contribution in [0.2, 0.25) is 0 Å². The first-order valence-corrected chi connectivity index (χ1v) is 4.42. The van der Waals surface area contributed by atoms with E-state index in [0.717, 1.165) is 10.9 Å². The van der Waals surface area contributed by atoms with Crippen LogP contribution in [0.25, 0.3) is 0 Å². The number of hydrogen-bond acceptors (Lipinski definition) is 4. The highest BCUT2D eigenvalue weighted by molar-refractivity contribution is 5.75. The molecule has 0 aliphatic rings. The van der Waals surface area contributed by atoms with Crippen LogP contribution in [-0.4, -0.2) is 35.6 Å². The predicted octanol–water partition coefficient (Wildman–Crippen LogP) is -1.02. The average Bonchev–Trinajstić information content (AvgIpc) is 2.78. The van der Waals surface area contributed by atoms with Crippen LogP contribution in [0.15, 0.2) is 23.5 Å². The Morgan fingerprint density at radius 3 is 2.81 bits per heavy atom. The van der Waals surface area contributed by atoms with Crippen LogP contribution in [0.4, 0.5) is 0 Å². The molecule has 2 heterocycles. The number of carbonyl (C=O) groups is 1. The molecule has 2 N–H and O–H groups in total. The van der Waals surface area contributed by atoms with Gasteiger partial charge in [0.2, 0.25) is 0 Å². The number of H-pyrrole nitrogens is 1. The van der Waals surface area contributed by atoms with Crippen LogP contribution in [0, 0.1) is 0 Å². The third kappa shape index (κ3) is 1.60. The van der Waals surface area contributed by atoms with Crippen molar-refractivity contribution in [2.75, 3.05) is 0 Å². The number of aliphatic carboxylic acids is 1. The average molecular weight is 223 g/mol. The lowest BCUT2D eigenvalue weighted by atomic mass is 10.1. The van der Waals surface area contributed by atoms with Crippen LogP contribution < -0.4 is 5.69 Å². The third-order valence-corrected chi connectivity index (χ3v) is 2.13. The number of hydrogen-bond donors (Lipinski definition) is 2. The molecule has 2 rings (SSSR count). The van der Waals surface area contributed by atoms with Crippen molar-refractivity contribution < 1.29 is 9.90 Å². The summed E-state index contributed by atoms with van der Waals surface area (Å²) in [7, 11) is 1.67. The van der Waals surface area contributed by atoms with E-state index in [9.17, 15) is 9.59 Å². The molecule has 8 nitrogen and oxygen atoms in total. The molecule has 0 amide bonds. The van der Waals surface area contributed by atoms with Crippen LogP contribution in [0.3, 0.4) is 0 Å². The maximum atomic E-state index is 11.3. The Bertz CT molecular complexity index is 566. The van der Waals surface area contributed by atoms with Gasteiger partial charge in [0.15, 0.2) is 6.04 Å². The molecule has 0 radical (unpaired) electrons. The summed E-state index contributed by atoms with van der Waals surface area (Å²) in [6, 6.07) is -1.11. The molecule has 0 aromatic carbocycles. The first-order chi connectivity index (χ1) is 7.59. The van der Waals surface area contributed by atoms with E-state index in [1.54, 1.807) is 7.05 Å². The van der Waals surface area contributed by atoms with Gasteiger partial charge in [-0.2, -0.15) is 10.2 Å². The molecule has 0 fully saturated rings. The van der Waals surface area contributed by atoms with Crippen LogP contribution in [0.1, 0.15) is 11.6 Å². The third-order valence-electron chi connectivity index (χ3n) is 2.13. The smallest absolute Gasteiger partial charge is 0.344 e. The molecule has 1 unspecified atom stereocenters. The van der Waals surface area contributed by atoms with Gasteiger partial charge in [-0.1, -0.05) is 0 Å². The lowest BCUT2D eigenvalue weighted by Crippen LogP contribution is -2.28. The zero-order chi connectivity index (χ0) is 11.7. The quantitative estimate of drug-likeness (QED) is 0.692. The highest BCUT2D eigenvalue weighted by atomic mass is 16.4. The van der Waals surface area contributed by atoms with Crippen LogP contribution in [-0.2, 0) is 11.8 Å². The number of carboxylic acids is 1. The number of aryl methyl sites for hydroxylation is 1. The number of aromatic nitrogens is 5. The van der Waals surface area contributed by atoms with Crippen molar-refractivity contribution in [1.82, 2.24) is 24.5 Å². The second kappa shape index (κ2) is 3.65. The molecule has 2 aromatic heterocycles. The van der Waals surface area contributed by atoms with Crippen molar-refractivity contribution >= 4 is 5.97 Å². The summed E-state index contributed by atoms with van der Waals surface area (Å²) in [5.41, 5.74) is -0.158. The van der Waals surface area contributed by atoms with Gasteiger partial charge in [0.25, 0.3) is 0 Å². The number of rotatable bonds is 3. The Hall–Kier alpha value is -2.38. The van der Waals surface area contributed by atoms with Crippen LogP contribution in [0.5, 0.6) is 0 Å². The van der Waals surface area contributed by atoms with Crippen molar-refractivity contribution in [2.45, 2.75) is 6.04 Å². The Balaban J connectivity index is 2.51. The molecule has 0 saturated heterocycles. The molecule has 1 atom stereocenters. The molecular weight excluding hydrogens is 214 g/mol. The summed E-state index contributed by atoms with van der Waals surface area (Å²) >= 11 is 0. The first kappa shape index (κ1) is 10.1. The monoisotopic (exact) mass is 223 g/mol. The minimum atomic E-state index is -1.14. The predicted molar refractivity (Wildman–Crippen MR) is 51.8 cm³/mol. The highest BCUT2D eigenvalue weighted by Gasteiger charge is 2.24. The molecular formula is C8H9N5O3. The molecule has 0 spiro atoms. The summed E-state index contributed by atoms with van der Waals surface area (Å²) in [6.07, 6.45) is 4.09. The van der Waals surface area contributed by atoms with Gasteiger partial charge in [0.1, 0.15) is 6.33 Å². The SMILES string of the molecule is Cn1cc(C(C(=O)O)n2cn[nH]c2=O)cn1. The van der Waals surface area contributed by atoms with E-state index in [1.165, 1.54) is 17.1 Å². The normalized spacial score (nSPS) is 12.6. The van der Waals surface area contributed by atoms with E-state index in [2.05, 4.69) is 15.3 Å². The number of aromatic amines is 1. The van der Waals surface area contributed by atoms with Gasteiger partial charge in [-0.25, -0.2) is 14.7 Å². The zero-order valence-corrected chi connectivity index (χ0v) is 8.36. The van der Waals surface area contributed by atoms with Gasteiger partial charge in [0.05, 0.1) is 6.20 Å². The van der Waals surface area contributed by atoms with E-state index >= 15 is 0 Å². The molecule has 16 heavy (non-hydrogen) atoms. The minimum absolute atomic E-state index is 0.415. The lowest BCUT2D eigenvalue weighted by molar-refractivity contribution is -0.139. The summed E-state index contributed by atoms with van der Waals surface area (Å²) in [6.45, 7) is 0. The highest BCUT2D eigenvalue weighted by Crippen LogP contribution is 2.15. The second-order valence-corrected chi connectivity index (χ2v) is 3.26. The maximum Gasteiger partial charge on any atom is 0.344 e. The van der Waals surface area contributed by atoms with Gasteiger partial charge in [-0.05, 0) is 0 Å². The zero-order valence-electron chi connectivity index (χ0n) is 8.36. The van der Waals surface area contributed by atoms with Crippen molar-refractivity contribution in [3.05, 3.63) is 34.8 Å². The van der Waals surface area contributed by atoms with Crippen molar-refractivity contribution in [1.29, 1.82) is 0 Å². The number of nitrogens with zero attached hydrogens (tertiary/aromatic N) is 4. The molecule has 8 heteroatoms. The summed E-state index contributed by atoms with van der Waals surface area (Å²) < 4.78 is 2.47. The van der Waals surface area contributed by atoms with Gasteiger partial charge in [-0.3, -0.25) is 9.25 Å². The first-order valence-electron chi connectivity index (χ1n) is 4.42. The lowest BCUT2D eigenvalue weighted by Gasteiger charge is -2.09. The summed E-state index contributed by atoms with van der Waals surface area (Å²) in [5.74, 6) is -1.14. The van der Waals surface area contributed by atoms with E-state index < -0.39 is 17.7 Å². The van der Waals surface area contributed by atoms with Gasteiger partial charge in [-0.15, -0.1) is 0 Å². The van der Waals surface area contributed by atoms with E-state index in [4.69, 9.17) is 5.11 Å². The Kier molecular flexibility index (Phi) is 2.31. The van der Waals surface area contributed by atoms with Crippen molar-refractivity contribution in [3.8, 4) is 0 Å². The molecule has 0 aliphatic heterocycles. The van der Waals surface area contributed by atoms with Gasteiger partial charge in [0, 0.05) is 18.8 Å². The van der Waals surface area contributed by atoms with Crippen molar-refractivity contribution in [3.63, 3.8) is 0 Å². The Morgan fingerprint density at radius 2 is 2.38 bits per heavy atom. The summed E-state index contributed by atoms with van der Waals surface area (Å²) in [4.78, 5) is 22.4. The fourth-order valence-electron chi connectivity index (χ4n) is 1.44. The van der Waals surface area contributed by atoms with E-state index in [1.807, 2.05) is 0 Å². The maximum absolute atomic E-state index is 11.3. The second-order valence-electron chi connectivity index (χ2n) is 3.26. The molecule has 2 aromatic rings. The number of nitrogens with one attached hydrogen (secondary N) is 1. The fourth-order valence-corrected chi connectivity index (χ4v) is 1.44. The molecule has 0 bridgehead atoms. The minimum Gasteiger partial charge on any atom is -0.479 e. The molecule has 0 aliphatic carbocycles. The summed E-state index contributed by atoms with van der Waals surface area (Å²) in [5, 5.41) is 18.6. The fraction of sp³-hybridized carbons (Fsp3) is 0.250. The topological polar surface area (TPSA) is 106 Å². The number of carboxylic acid groups (broad SMARTS) is 1. The molecule has 0 saturated carbocycles. The van der Waals surface area contributed by atoms with E-state index in [-0.39, 0.29) is 0 Å². The van der Waals surface area contributed by atoms with Crippen LogP contribution >= 0.6 is 0 Å². The molecule has 84 valence electrons. The van der Waals surface area contributed by atoms with Gasteiger partial charge < -0.3 is 5.11 Å². The van der Waals surface area contributed by atoms with E-state index in [0.29, 0.717) is 5.56 Å². The van der Waals surface area contributed by atoms with Crippen molar-refractivity contribution in [2.24, 2.45) is 7.05 Å². The standard InChI is InChI=1S/C8H9N5O3/c1-12-3-5(2-10-12)6(7(14)15)13-4-9-11-8(13)16/h2-4,6H,1H3,(H,11,16)(H,14,15).